The molecule has 0 bridgehead atoms. The second-order valence-corrected chi connectivity index (χ2v) is 5.84. The van der Waals surface area contributed by atoms with Gasteiger partial charge < -0.3 is 10.2 Å². The minimum absolute atomic E-state index is 0.000920. The number of halogens is 1. The van der Waals surface area contributed by atoms with Crippen LogP contribution in [0.1, 0.15) is 23.2 Å². The minimum Gasteiger partial charge on any atom is -0.370 e. The monoisotopic (exact) mass is 315 g/mol. The molecule has 5 heteroatoms. The molecule has 4 nitrogen and oxygen atoms in total. The van der Waals surface area contributed by atoms with E-state index < -0.39 is 0 Å². The Hall–Kier alpha value is -2.07. The van der Waals surface area contributed by atoms with Crippen LogP contribution in [0.3, 0.4) is 0 Å². The molecule has 0 unspecified atom stereocenters. The van der Waals surface area contributed by atoms with Crippen LogP contribution in [-0.4, -0.2) is 30.0 Å². The zero-order chi connectivity index (χ0) is 15.4. The number of pyridine rings is 1. The van der Waals surface area contributed by atoms with E-state index >= 15 is 0 Å². The van der Waals surface area contributed by atoms with Crippen molar-refractivity contribution in [2.75, 3.05) is 18.0 Å². The van der Waals surface area contributed by atoms with Gasteiger partial charge in [0.25, 0.3) is 5.91 Å². The van der Waals surface area contributed by atoms with E-state index in [-0.39, 0.29) is 11.9 Å². The van der Waals surface area contributed by atoms with Gasteiger partial charge in [-0.25, -0.2) is 0 Å². The molecule has 1 aromatic heterocycles. The molecular weight excluding hydrogens is 298 g/mol. The molecule has 2 aromatic rings. The number of nitrogens with zero attached hydrogens (tertiary/aromatic N) is 2. The van der Waals surface area contributed by atoms with Crippen molar-refractivity contribution in [3.63, 3.8) is 0 Å². The molecule has 1 amide bonds. The van der Waals surface area contributed by atoms with Gasteiger partial charge in [0.15, 0.2) is 0 Å². The Labute approximate surface area is 135 Å². The first-order valence-electron chi connectivity index (χ1n) is 7.44. The molecule has 0 aliphatic carbocycles. The number of carbonyl (C=O) groups excluding carboxylic acids is 1. The Morgan fingerprint density at radius 1 is 1.18 bits per heavy atom. The first-order chi connectivity index (χ1) is 10.7. The number of hydrogen-bond acceptors (Lipinski definition) is 3. The number of piperidine rings is 1. The van der Waals surface area contributed by atoms with E-state index in [1.807, 2.05) is 36.4 Å². The van der Waals surface area contributed by atoms with Crippen molar-refractivity contribution in [1.29, 1.82) is 0 Å². The van der Waals surface area contributed by atoms with Crippen molar-refractivity contribution < 1.29 is 4.79 Å². The maximum absolute atomic E-state index is 12.2. The van der Waals surface area contributed by atoms with Gasteiger partial charge >= 0.3 is 0 Å². The molecule has 114 valence electrons. The highest BCUT2D eigenvalue weighted by Gasteiger charge is 2.22. The molecule has 22 heavy (non-hydrogen) atoms. The molecular formula is C17H18ClN3O. The Kier molecular flexibility index (Phi) is 4.59. The standard InChI is InChI=1S/C17H18ClN3O/c18-15-12-19-9-6-16(15)21-10-7-14(8-11-21)20-17(22)13-4-2-1-3-5-13/h1-6,9,12,14H,7-8,10-11H2,(H,20,22). The number of rotatable bonds is 3. The van der Waals surface area contributed by atoms with Gasteiger partial charge in [-0.15, -0.1) is 0 Å². The SMILES string of the molecule is O=C(NC1CCN(c2ccncc2Cl)CC1)c1ccccc1. The molecule has 1 N–H and O–H groups in total. The molecule has 1 aliphatic rings. The average molecular weight is 316 g/mol. The number of aromatic nitrogens is 1. The van der Waals surface area contributed by atoms with Crippen molar-refractivity contribution >= 4 is 23.2 Å². The van der Waals surface area contributed by atoms with Crippen LogP contribution < -0.4 is 10.2 Å². The van der Waals surface area contributed by atoms with Gasteiger partial charge in [-0.1, -0.05) is 29.8 Å². The summed E-state index contributed by atoms with van der Waals surface area (Å²) in [5.41, 5.74) is 1.73. The zero-order valence-corrected chi connectivity index (χ0v) is 13.0. The highest BCUT2D eigenvalue weighted by molar-refractivity contribution is 6.33. The van der Waals surface area contributed by atoms with Crippen molar-refractivity contribution in [3.8, 4) is 0 Å². The lowest BCUT2D eigenvalue weighted by Gasteiger charge is -2.34. The lowest BCUT2D eigenvalue weighted by molar-refractivity contribution is 0.0931. The average Bonchev–Trinajstić information content (AvgIpc) is 2.57. The molecule has 1 aliphatic heterocycles. The first kappa shape index (κ1) is 14.9. The maximum Gasteiger partial charge on any atom is 0.251 e. The summed E-state index contributed by atoms with van der Waals surface area (Å²) in [5, 5.41) is 3.79. The third-order valence-corrected chi connectivity index (χ3v) is 4.25. The van der Waals surface area contributed by atoms with Crippen LogP contribution in [0, 0.1) is 0 Å². The largest absolute Gasteiger partial charge is 0.370 e. The van der Waals surface area contributed by atoms with E-state index in [2.05, 4.69) is 15.2 Å². The van der Waals surface area contributed by atoms with Crippen LogP contribution in [0.25, 0.3) is 0 Å². The van der Waals surface area contributed by atoms with Crippen LogP contribution >= 0.6 is 11.6 Å². The van der Waals surface area contributed by atoms with Crippen molar-refractivity contribution in [2.45, 2.75) is 18.9 Å². The van der Waals surface area contributed by atoms with Gasteiger partial charge in [-0.05, 0) is 31.0 Å². The van der Waals surface area contributed by atoms with E-state index in [1.54, 1.807) is 12.4 Å². The molecule has 2 heterocycles. The van der Waals surface area contributed by atoms with Crippen molar-refractivity contribution in [2.24, 2.45) is 0 Å². The van der Waals surface area contributed by atoms with Crippen LogP contribution in [-0.2, 0) is 0 Å². The summed E-state index contributed by atoms with van der Waals surface area (Å²) in [6, 6.07) is 11.5. The van der Waals surface area contributed by atoms with Gasteiger partial charge in [0, 0.05) is 37.1 Å². The number of benzene rings is 1. The molecule has 1 aromatic carbocycles. The zero-order valence-electron chi connectivity index (χ0n) is 12.2. The first-order valence-corrected chi connectivity index (χ1v) is 7.82. The van der Waals surface area contributed by atoms with Crippen LogP contribution in [0.2, 0.25) is 5.02 Å². The van der Waals surface area contributed by atoms with Gasteiger partial charge in [0.2, 0.25) is 0 Å². The normalized spacial score (nSPS) is 15.6. The molecule has 1 saturated heterocycles. The van der Waals surface area contributed by atoms with E-state index in [1.165, 1.54) is 0 Å². The molecule has 0 atom stereocenters. The number of anilines is 1. The fraction of sp³-hybridized carbons (Fsp3) is 0.294. The Balaban J connectivity index is 1.56. The quantitative estimate of drug-likeness (QED) is 0.946. The summed E-state index contributed by atoms with van der Waals surface area (Å²) >= 11 is 6.18. The minimum atomic E-state index is 0.000920. The van der Waals surface area contributed by atoms with Crippen LogP contribution in [0.15, 0.2) is 48.8 Å². The Morgan fingerprint density at radius 2 is 1.91 bits per heavy atom. The highest BCUT2D eigenvalue weighted by atomic mass is 35.5. The van der Waals surface area contributed by atoms with E-state index in [9.17, 15) is 4.79 Å². The van der Waals surface area contributed by atoms with E-state index in [0.29, 0.717) is 10.6 Å². The van der Waals surface area contributed by atoms with E-state index in [4.69, 9.17) is 11.6 Å². The summed E-state index contributed by atoms with van der Waals surface area (Å²) in [4.78, 5) is 18.4. The Morgan fingerprint density at radius 3 is 2.59 bits per heavy atom. The number of nitrogens with one attached hydrogen (secondary N) is 1. The smallest absolute Gasteiger partial charge is 0.251 e. The summed E-state index contributed by atoms with van der Waals surface area (Å²) in [6.45, 7) is 1.76. The van der Waals surface area contributed by atoms with Crippen molar-refractivity contribution in [1.82, 2.24) is 10.3 Å². The van der Waals surface area contributed by atoms with Gasteiger partial charge in [0.05, 0.1) is 10.7 Å². The lowest BCUT2D eigenvalue weighted by atomic mass is 10.0. The number of amides is 1. The summed E-state index contributed by atoms with van der Waals surface area (Å²) in [7, 11) is 0. The molecule has 0 spiro atoms. The molecule has 0 radical (unpaired) electrons. The molecule has 0 saturated carbocycles. The second-order valence-electron chi connectivity index (χ2n) is 5.43. The highest BCUT2D eigenvalue weighted by Crippen LogP contribution is 2.27. The second kappa shape index (κ2) is 6.79. The fourth-order valence-electron chi connectivity index (χ4n) is 2.75. The molecule has 3 rings (SSSR count). The maximum atomic E-state index is 12.2. The summed E-state index contributed by atoms with van der Waals surface area (Å²) in [5.74, 6) is 0.000920. The summed E-state index contributed by atoms with van der Waals surface area (Å²) in [6.07, 6.45) is 5.25. The number of hydrogen-bond donors (Lipinski definition) is 1. The topological polar surface area (TPSA) is 45.2 Å². The summed E-state index contributed by atoms with van der Waals surface area (Å²) < 4.78 is 0. The molecule has 1 fully saturated rings. The third-order valence-electron chi connectivity index (χ3n) is 3.96. The van der Waals surface area contributed by atoms with E-state index in [0.717, 1.165) is 31.6 Å². The lowest BCUT2D eigenvalue weighted by Crippen LogP contribution is -2.44. The van der Waals surface area contributed by atoms with Crippen LogP contribution in [0.5, 0.6) is 0 Å². The number of carbonyl (C=O) groups is 1. The third kappa shape index (κ3) is 3.39. The predicted molar refractivity (Wildman–Crippen MR) is 88.4 cm³/mol. The predicted octanol–water partition coefficient (Wildman–Crippen LogP) is 3.13. The van der Waals surface area contributed by atoms with Gasteiger partial charge in [0.1, 0.15) is 0 Å². The Bertz CT molecular complexity index is 639. The van der Waals surface area contributed by atoms with Crippen molar-refractivity contribution in [3.05, 3.63) is 59.4 Å². The van der Waals surface area contributed by atoms with Gasteiger partial charge in [-0.2, -0.15) is 0 Å². The van der Waals surface area contributed by atoms with Crippen LogP contribution in [0.4, 0.5) is 5.69 Å². The fourth-order valence-corrected chi connectivity index (χ4v) is 2.99. The van der Waals surface area contributed by atoms with Gasteiger partial charge in [-0.3, -0.25) is 9.78 Å².